The maximum Gasteiger partial charge on any atom is 0.314 e. The molecule has 0 aromatic carbocycles. The third-order valence-electron chi connectivity index (χ3n) is 3.18. The van der Waals surface area contributed by atoms with Crippen molar-refractivity contribution in [3.05, 3.63) is 0 Å². The Bertz CT molecular complexity index is 213. The van der Waals surface area contributed by atoms with Gasteiger partial charge in [0, 0.05) is 13.1 Å². The smallest absolute Gasteiger partial charge is 0.314 e. The third-order valence-corrected chi connectivity index (χ3v) is 3.18. The largest absolute Gasteiger partial charge is 0.388 e. The summed E-state index contributed by atoms with van der Waals surface area (Å²) in [6, 6.07) is -0.160. The maximum absolute atomic E-state index is 11.4. The molecule has 4 nitrogen and oxygen atoms in total. The summed E-state index contributed by atoms with van der Waals surface area (Å²) in [6.45, 7) is 3.18. The van der Waals surface area contributed by atoms with Gasteiger partial charge in [0.1, 0.15) is 0 Å². The molecular weight excluding hydrogens is 204 g/mol. The third kappa shape index (κ3) is 4.84. The Kier molecular flexibility index (Phi) is 5.60. The van der Waals surface area contributed by atoms with Crippen LogP contribution in [0.25, 0.3) is 0 Å². The molecule has 0 unspecified atom stereocenters. The van der Waals surface area contributed by atoms with E-state index in [2.05, 4.69) is 17.6 Å². The van der Waals surface area contributed by atoms with Gasteiger partial charge in [-0.1, -0.05) is 32.6 Å². The van der Waals surface area contributed by atoms with Gasteiger partial charge < -0.3 is 15.7 Å². The molecule has 0 aromatic rings. The van der Waals surface area contributed by atoms with Crippen LogP contribution in [0.5, 0.6) is 0 Å². The van der Waals surface area contributed by atoms with E-state index in [0.717, 1.165) is 38.5 Å². The number of rotatable bonds is 5. The van der Waals surface area contributed by atoms with Gasteiger partial charge in [-0.2, -0.15) is 0 Å². The minimum atomic E-state index is -0.666. The Labute approximate surface area is 97.8 Å². The number of unbranched alkanes of at least 4 members (excludes halogenated alkanes) is 1. The van der Waals surface area contributed by atoms with E-state index in [4.69, 9.17) is 0 Å². The topological polar surface area (TPSA) is 61.4 Å². The van der Waals surface area contributed by atoms with Gasteiger partial charge in [0.25, 0.3) is 0 Å². The number of urea groups is 1. The zero-order valence-electron chi connectivity index (χ0n) is 10.2. The van der Waals surface area contributed by atoms with Crippen LogP contribution < -0.4 is 10.6 Å². The molecule has 0 spiro atoms. The first-order valence-corrected chi connectivity index (χ1v) is 6.40. The van der Waals surface area contributed by atoms with Crippen LogP contribution in [0, 0.1) is 0 Å². The molecule has 0 aliphatic heterocycles. The standard InChI is InChI=1S/C12H24N2O2/c1-2-3-9-13-11(15)14-10-12(16)7-5-4-6-8-12/h16H,2-10H2,1H3,(H2,13,14,15). The van der Waals surface area contributed by atoms with Crippen LogP contribution >= 0.6 is 0 Å². The van der Waals surface area contributed by atoms with Crippen molar-refractivity contribution in [1.82, 2.24) is 10.6 Å². The lowest BCUT2D eigenvalue weighted by atomic mass is 9.85. The SMILES string of the molecule is CCCCNC(=O)NCC1(O)CCCCC1. The second-order valence-corrected chi connectivity index (χ2v) is 4.75. The summed E-state index contributed by atoms with van der Waals surface area (Å²) in [5.41, 5.74) is -0.666. The highest BCUT2D eigenvalue weighted by Crippen LogP contribution is 2.27. The Hall–Kier alpha value is -0.770. The van der Waals surface area contributed by atoms with Gasteiger partial charge in [-0.05, 0) is 19.3 Å². The normalized spacial score (nSPS) is 19.1. The van der Waals surface area contributed by atoms with Gasteiger partial charge >= 0.3 is 6.03 Å². The summed E-state index contributed by atoms with van der Waals surface area (Å²) in [4.78, 5) is 11.4. The number of carbonyl (C=O) groups is 1. The van der Waals surface area contributed by atoms with E-state index in [9.17, 15) is 9.90 Å². The number of hydrogen-bond donors (Lipinski definition) is 3. The van der Waals surface area contributed by atoms with Crippen LogP contribution in [-0.4, -0.2) is 29.8 Å². The molecule has 0 heterocycles. The first-order valence-electron chi connectivity index (χ1n) is 6.40. The van der Waals surface area contributed by atoms with Crippen molar-refractivity contribution in [1.29, 1.82) is 0 Å². The van der Waals surface area contributed by atoms with Crippen LogP contribution in [0.1, 0.15) is 51.9 Å². The first kappa shape index (κ1) is 13.3. The second kappa shape index (κ2) is 6.74. The van der Waals surface area contributed by atoms with Crippen LogP contribution in [-0.2, 0) is 0 Å². The number of nitrogens with one attached hydrogen (secondary N) is 2. The van der Waals surface area contributed by atoms with Gasteiger partial charge in [0.05, 0.1) is 5.60 Å². The lowest BCUT2D eigenvalue weighted by Crippen LogP contribution is -2.47. The van der Waals surface area contributed by atoms with Crippen molar-refractivity contribution in [2.75, 3.05) is 13.1 Å². The molecule has 4 heteroatoms. The second-order valence-electron chi connectivity index (χ2n) is 4.75. The number of carbonyl (C=O) groups excluding carboxylic acids is 1. The summed E-state index contributed by atoms with van der Waals surface area (Å²) < 4.78 is 0. The molecule has 16 heavy (non-hydrogen) atoms. The Morgan fingerprint density at radius 3 is 2.56 bits per heavy atom. The van der Waals surface area contributed by atoms with E-state index >= 15 is 0 Å². The zero-order valence-corrected chi connectivity index (χ0v) is 10.2. The van der Waals surface area contributed by atoms with Crippen LogP contribution in [0.2, 0.25) is 0 Å². The molecule has 2 amide bonds. The molecular formula is C12H24N2O2. The molecule has 3 N–H and O–H groups in total. The zero-order chi connectivity index (χ0) is 11.9. The summed E-state index contributed by atoms with van der Waals surface area (Å²) in [6.07, 6.45) is 7.02. The van der Waals surface area contributed by atoms with Gasteiger partial charge in [-0.3, -0.25) is 0 Å². The van der Waals surface area contributed by atoms with E-state index in [1.54, 1.807) is 0 Å². The van der Waals surface area contributed by atoms with E-state index in [1.807, 2.05) is 0 Å². The van der Waals surface area contributed by atoms with E-state index in [0.29, 0.717) is 13.1 Å². The molecule has 1 fully saturated rings. The van der Waals surface area contributed by atoms with E-state index < -0.39 is 5.60 Å². The van der Waals surface area contributed by atoms with Crippen molar-refractivity contribution in [2.45, 2.75) is 57.5 Å². The Morgan fingerprint density at radius 1 is 1.25 bits per heavy atom. The highest BCUT2D eigenvalue weighted by molar-refractivity contribution is 5.73. The molecule has 1 aliphatic carbocycles. The highest BCUT2D eigenvalue weighted by Gasteiger charge is 2.29. The fraction of sp³-hybridized carbons (Fsp3) is 0.917. The van der Waals surface area contributed by atoms with Gasteiger partial charge in [-0.25, -0.2) is 4.79 Å². The fourth-order valence-electron chi connectivity index (χ4n) is 2.07. The van der Waals surface area contributed by atoms with Crippen molar-refractivity contribution < 1.29 is 9.90 Å². The average Bonchev–Trinajstić information content (AvgIpc) is 2.28. The molecule has 1 rings (SSSR count). The molecule has 0 aromatic heterocycles. The quantitative estimate of drug-likeness (QED) is 0.628. The molecule has 0 bridgehead atoms. The molecule has 0 atom stereocenters. The van der Waals surface area contributed by atoms with Gasteiger partial charge in [-0.15, -0.1) is 0 Å². The van der Waals surface area contributed by atoms with Gasteiger partial charge in [0.2, 0.25) is 0 Å². The van der Waals surface area contributed by atoms with Gasteiger partial charge in [0.15, 0.2) is 0 Å². The summed E-state index contributed by atoms with van der Waals surface area (Å²) in [7, 11) is 0. The van der Waals surface area contributed by atoms with Crippen LogP contribution in [0.4, 0.5) is 4.79 Å². The van der Waals surface area contributed by atoms with Crippen molar-refractivity contribution in [3.8, 4) is 0 Å². The molecule has 0 radical (unpaired) electrons. The van der Waals surface area contributed by atoms with Crippen molar-refractivity contribution in [3.63, 3.8) is 0 Å². The predicted octanol–water partition coefficient (Wildman–Crippen LogP) is 1.78. The number of hydrogen-bond acceptors (Lipinski definition) is 2. The van der Waals surface area contributed by atoms with Crippen molar-refractivity contribution in [2.24, 2.45) is 0 Å². The molecule has 1 saturated carbocycles. The lowest BCUT2D eigenvalue weighted by Gasteiger charge is -2.32. The Balaban J connectivity index is 2.14. The highest BCUT2D eigenvalue weighted by atomic mass is 16.3. The summed E-state index contributed by atoms with van der Waals surface area (Å²) in [5, 5.41) is 15.7. The first-order chi connectivity index (χ1) is 7.66. The van der Waals surface area contributed by atoms with Crippen molar-refractivity contribution >= 4 is 6.03 Å². The van der Waals surface area contributed by atoms with Crippen LogP contribution in [0.15, 0.2) is 0 Å². The fourth-order valence-corrected chi connectivity index (χ4v) is 2.07. The number of amides is 2. The minimum Gasteiger partial charge on any atom is -0.388 e. The Morgan fingerprint density at radius 2 is 1.94 bits per heavy atom. The summed E-state index contributed by atoms with van der Waals surface area (Å²) in [5.74, 6) is 0. The summed E-state index contributed by atoms with van der Waals surface area (Å²) >= 11 is 0. The predicted molar refractivity (Wildman–Crippen MR) is 64.3 cm³/mol. The molecule has 1 aliphatic rings. The minimum absolute atomic E-state index is 0.160. The average molecular weight is 228 g/mol. The monoisotopic (exact) mass is 228 g/mol. The van der Waals surface area contributed by atoms with E-state index in [1.165, 1.54) is 6.42 Å². The lowest BCUT2D eigenvalue weighted by molar-refractivity contribution is 0.00720. The van der Waals surface area contributed by atoms with Crippen LogP contribution in [0.3, 0.4) is 0 Å². The maximum atomic E-state index is 11.4. The van der Waals surface area contributed by atoms with E-state index in [-0.39, 0.29) is 6.03 Å². The molecule has 94 valence electrons. The molecule has 0 saturated heterocycles. The number of aliphatic hydroxyl groups is 1.